The molecule has 4 nitrogen and oxygen atoms in total. The zero-order chi connectivity index (χ0) is 11.2. The molecule has 0 spiro atoms. The van der Waals surface area contributed by atoms with E-state index in [0.29, 0.717) is 12.1 Å². The summed E-state index contributed by atoms with van der Waals surface area (Å²) in [7, 11) is 0. The van der Waals surface area contributed by atoms with Crippen LogP contribution in [-0.4, -0.2) is 20.8 Å². The molecule has 0 amide bonds. The molecule has 2 heterocycles. The summed E-state index contributed by atoms with van der Waals surface area (Å²) in [6, 6.07) is 1.91. The lowest BCUT2D eigenvalue weighted by Gasteiger charge is -2.24. The molecule has 3 aliphatic rings. The largest absolute Gasteiger partial charge is 0.313 e. The van der Waals surface area contributed by atoms with Gasteiger partial charge in [-0.15, -0.1) is 10.2 Å². The van der Waals surface area contributed by atoms with Crippen LogP contribution < -0.4 is 5.32 Å². The summed E-state index contributed by atoms with van der Waals surface area (Å²) in [6.07, 6.45) is 11.4. The van der Waals surface area contributed by atoms with Crippen molar-refractivity contribution < 1.29 is 0 Å². The Morgan fingerprint density at radius 2 is 2.06 bits per heavy atom. The fourth-order valence-corrected chi connectivity index (χ4v) is 3.65. The number of nitrogens with zero attached hydrogens (tertiary/aromatic N) is 3. The number of nitrogens with one attached hydrogen (secondary N) is 1. The number of hydrogen-bond donors (Lipinski definition) is 1. The molecule has 0 bridgehead atoms. The Labute approximate surface area is 102 Å². The fourth-order valence-electron chi connectivity index (χ4n) is 3.65. The van der Waals surface area contributed by atoms with Gasteiger partial charge in [-0.05, 0) is 38.0 Å². The van der Waals surface area contributed by atoms with Crippen LogP contribution in [0.15, 0.2) is 6.33 Å². The maximum atomic E-state index is 4.37. The molecule has 1 aliphatic heterocycles. The molecule has 1 aromatic heterocycles. The summed E-state index contributed by atoms with van der Waals surface area (Å²) < 4.78 is 2.31. The van der Waals surface area contributed by atoms with Crippen molar-refractivity contribution in [1.29, 1.82) is 0 Å². The highest BCUT2D eigenvalue weighted by Crippen LogP contribution is 2.41. The van der Waals surface area contributed by atoms with E-state index in [1.54, 1.807) is 0 Å². The van der Waals surface area contributed by atoms with Gasteiger partial charge in [-0.3, -0.25) is 0 Å². The first-order valence-electron chi connectivity index (χ1n) is 7.07. The smallest absolute Gasteiger partial charge is 0.150 e. The molecular formula is C13H20N4. The lowest BCUT2D eigenvalue weighted by molar-refractivity contribution is 0.325. The van der Waals surface area contributed by atoms with Crippen LogP contribution in [0.5, 0.6) is 0 Å². The summed E-state index contributed by atoms with van der Waals surface area (Å²) in [4.78, 5) is 0. The first kappa shape index (κ1) is 10.1. The summed E-state index contributed by atoms with van der Waals surface area (Å²) in [6.45, 7) is 0. The zero-order valence-electron chi connectivity index (χ0n) is 10.2. The van der Waals surface area contributed by atoms with E-state index in [0.717, 1.165) is 12.0 Å². The molecular weight excluding hydrogens is 212 g/mol. The van der Waals surface area contributed by atoms with Crippen LogP contribution in [0.3, 0.4) is 0 Å². The maximum absolute atomic E-state index is 4.37. The second kappa shape index (κ2) is 3.80. The van der Waals surface area contributed by atoms with Gasteiger partial charge in [0.05, 0.1) is 6.04 Å². The molecule has 3 atom stereocenters. The van der Waals surface area contributed by atoms with Crippen LogP contribution in [0, 0.1) is 5.92 Å². The van der Waals surface area contributed by atoms with Gasteiger partial charge in [0.25, 0.3) is 0 Å². The monoisotopic (exact) mass is 232 g/mol. The van der Waals surface area contributed by atoms with Gasteiger partial charge in [0, 0.05) is 12.1 Å². The first-order valence-corrected chi connectivity index (χ1v) is 7.07. The average molecular weight is 232 g/mol. The Morgan fingerprint density at radius 1 is 1.18 bits per heavy atom. The number of aromatic nitrogens is 3. The summed E-state index contributed by atoms with van der Waals surface area (Å²) in [5.41, 5.74) is 0. The van der Waals surface area contributed by atoms with E-state index in [9.17, 15) is 0 Å². The van der Waals surface area contributed by atoms with E-state index in [1.165, 1.54) is 50.8 Å². The van der Waals surface area contributed by atoms with Crippen LogP contribution in [0.1, 0.15) is 62.9 Å². The summed E-state index contributed by atoms with van der Waals surface area (Å²) in [5.74, 6) is 2.08. The highest BCUT2D eigenvalue weighted by Gasteiger charge is 2.39. The molecule has 2 aliphatic carbocycles. The minimum absolute atomic E-state index is 0.464. The van der Waals surface area contributed by atoms with Gasteiger partial charge >= 0.3 is 0 Å². The van der Waals surface area contributed by atoms with Crippen molar-refractivity contribution in [3.63, 3.8) is 0 Å². The van der Waals surface area contributed by atoms with Crippen LogP contribution in [0.4, 0.5) is 0 Å². The zero-order valence-corrected chi connectivity index (χ0v) is 10.2. The molecule has 0 aromatic carbocycles. The van der Waals surface area contributed by atoms with E-state index in [4.69, 9.17) is 0 Å². The maximum Gasteiger partial charge on any atom is 0.150 e. The quantitative estimate of drug-likeness (QED) is 0.850. The highest BCUT2D eigenvalue weighted by molar-refractivity contribution is 5.06. The lowest BCUT2D eigenvalue weighted by atomic mass is 9.85. The molecule has 2 saturated carbocycles. The minimum Gasteiger partial charge on any atom is -0.313 e. The molecule has 4 rings (SSSR count). The van der Waals surface area contributed by atoms with Crippen molar-refractivity contribution >= 4 is 0 Å². The Kier molecular flexibility index (Phi) is 2.25. The van der Waals surface area contributed by atoms with E-state index >= 15 is 0 Å². The Balaban J connectivity index is 1.56. The SMILES string of the molecule is c1nnc(C2CC3CCCCC3N2)n1C1CC1. The van der Waals surface area contributed by atoms with Gasteiger partial charge in [0.1, 0.15) is 12.2 Å². The topological polar surface area (TPSA) is 42.7 Å². The highest BCUT2D eigenvalue weighted by atomic mass is 15.3. The van der Waals surface area contributed by atoms with Gasteiger partial charge in [-0.2, -0.15) is 0 Å². The Morgan fingerprint density at radius 3 is 2.88 bits per heavy atom. The normalized spacial score (nSPS) is 37.1. The minimum atomic E-state index is 0.464. The lowest BCUT2D eigenvalue weighted by Crippen LogP contribution is -2.31. The summed E-state index contributed by atoms with van der Waals surface area (Å²) >= 11 is 0. The molecule has 3 fully saturated rings. The summed E-state index contributed by atoms with van der Waals surface area (Å²) in [5, 5.41) is 12.3. The van der Waals surface area contributed by atoms with Crippen molar-refractivity contribution in [2.24, 2.45) is 5.92 Å². The van der Waals surface area contributed by atoms with E-state index in [1.807, 2.05) is 6.33 Å². The predicted molar refractivity (Wildman–Crippen MR) is 64.5 cm³/mol. The molecule has 92 valence electrons. The molecule has 17 heavy (non-hydrogen) atoms. The second-order valence-corrected chi connectivity index (χ2v) is 5.93. The molecule has 0 radical (unpaired) electrons. The number of rotatable bonds is 2. The Hall–Kier alpha value is -0.900. The standard InChI is InChI=1S/C13H20N4/c1-2-4-11-9(3-1)7-12(15-11)13-16-14-8-17(13)10-5-6-10/h8-12,15H,1-7H2. The van der Waals surface area contributed by atoms with E-state index < -0.39 is 0 Å². The van der Waals surface area contributed by atoms with Crippen LogP contribution >= 0.6 is 0 Å². The average Bonchev–Trinajstić information content (AvgIpc) is 2.94. The third-order valence-corrected chi connectivity index (χ3v) is 4.72. The van der Waals surface area contributed by atoms with Crippen molar-refractivity contribution in [2.75, 3.05) is 0 Å². The van der Waals surface area contributed by atoms with Gasteiger partial charge in [-0.25, -0.2) is 0 Å². The van der Waals surface area contributed by atoms with Gasteiger partial charge in [0.15, 0.2) is 0 Å². The van der Waals surface area contributed by atoms with Crippen LogP contribution in [0.25, 0.3) is 0 Å². The number of fused-ring (bicyclic) bond motifs is 1. The van der Waals surface area contributed by atoms with E-state index in [2.05, 4.69) is 20.1 Å². The fraction of sp³-hybridized carbons (Fsp3) is 0.846. The number of hydrogen-bond acceptors (Lipinski definition) is 3. The van der Waals surface area contributed by atoms with Crippen molar-refractivity contribution in [3.05, 3.63) is 12.2 Å². The predicted octanol–water partition coefficient (Wildman–Crippen LogP) is 2.21. The van der Waals surface area contributed by atoms with Gasteiger partial charge in [-0.1, -0.05) is 12.8 Å². The van der Waals surface area contributed by atoms with Gasteiger partial charge < -0.3 is 9.88 Å². The third-order valence-electron chi connectivity index (χ3n) is 4.72. The van der Waals surface area contributed by atoms with Crippen LogP contribution in [-0.2, 0) is 0 Å². The Bertz CT molecular complexity index is 395. The molecule has 4 heteroatoms. The van der Waals surface area contributed by atoms with Crippen molar-refractivity contribution in [3.8, 4) is 0 Å². The van der Waals surface area contributed by atoms with Crippen molar-refractivity contribution in [2.45, 2.75) is 63.1 Å². The van der Waals surface area contributed by atoms with Gasteiger partial charge in [0.2, 0.25) is 0 Å². The first-order chi connectivity index (χ1) is 8.42. The van der Waals surface area contributed by atoms with E-state index in [-0.39, 0.29) is 0 Å². The second-order valence-electron chi connectivity index (χ2n) is 5.93. The van der Waals surface area contributed by atoms with Crippen molar-refractivity contribution in [1.82, 2.24) is 20.1 Å². The molecule has 1 aromatic rings. The van der Waals surface area contributed by atoms with Crippen LogP contribution in [0.2, 0.25) is 0 Å². The molecule has 3 unspecified atom stereocenters. The molecule has 1 N–H and O–H groups in total. The third kappa shape index (κ3) is 1.69. The molecule has 1 saturated heterocycles.